The number of hydrogen-bond acceptors (Lipinski definition) is 5. The molecule has 0 N–H and O–H groups in total. The summed E-state index contributed by atoms with van der Waals surface area (Å²) in [6.45, 7) is 0. The van der Waals surface area contributed by atoms with Gasteiger partial charge in [0, 0.05) is 11.1 Å². The fourth-order valence-corrected chi connectivity index (χ4v) is 3.90. The lowest BCUT2D eigenvalue weighted by molar-refractivity contribution is 0.103. The zero-order valence-electron chi connectivity index (χ0n) is 17.5. The Morgan fingerprint density at radius 2 is 1.06 bits per heavy atom. The Morgan fingerprint density at radius 3 is 1.50 bits per heavy atom. The number of benzene rings is 4. The summed E-state index contributed by atoms with van der Waals surface area (Å²) in [5.74, 6) is -1.36. The Balaban J connectivity index is 1.52. The Kier molecular flexibility index (Phi) is 4.55. The molecule has 0 radical (unpaired) electrons. The van der Waals surface area contributed by atoms with Crippen molar-refractivity contribution in [2.24, 2.45) is 0 Å². The van der Waals surface area contributed by atoms with Gasteiger partial charge in [-0.1, -0.05) is 24.3 Å². The fourth-order valence-electron chi connectivity index (χ4n) is 3.90. The van der Waals surface area contributed by atoms with Gasteiger partial charge in [0.25, 0.3) is 0 Å². The number of ketones is 1. The van der Waals surface area contributed by atoms with Gasteiger partial charge in [0.1, 0.15) is 22.7 Å². The number of fused-ring (bicyclic) bond motifs is 2. The Labute approximate surface area is 191 Å². The average molecular weight is 452 g/mol. The largest absolute Gasteiger partial charge is 0.436 e. The van der Waals surface area contributed by atoms with Crippen molar-refractivity contribution in [3.63, 3.8) is 0 Å². The van der Waals surface area contributed by atoms with Crippen LogP contribution in [0.3, 0.4) is 0 Å². The highest BCUT2D eigenvalue weighted by molar-refractivity contribution is 6.15. The number of oxazole rings is 2. The van der Waals surface area contributed by atoms with E-state index >= 15 is 0 Å². The summed E-state index contributed by atoms with van der Waals surface area (Å²) in [7, 11) is 0. The molecular weight excluding hydrogens is 438 g/mol. The molecule has 0 aliphatic carbocycles. The van der Waals surface area contributed by atoms with E-state index in [2.05, 4.69) is 9.97 Å². The number of aromatic nitrogens is 2. The van der Waals surface area contributed by atoms with Crippen LogP contribution in [0.5, 0.6) is 0 Å². The summed E-state index contributed by atoms with van der Waals surface area (Å²) >= 11 is 0. The second-order valence-corrected chi connectivity index (χ2v) is 7.68. The van der Waals surface area contributed by atoms with Crippen LogP contribution in [-0.2, 0) is 0 Å². The molecule has 34 heavy (non-hydrogen) atoms. The number of carbonyl (C=O) groups excluding carboxylic acids is 1. The van der Waals surface area contributed by atoms with Gasteiger partial charge in [-0.25, -0.2) is 18.7 Å². The molecule has 164 valence electrons. The molecular formula is C27H14F2N2O3. The molecule has 6 rings (SSSR count). The molecule has 2 heterocycles. The van der Waals surface area contributed by atoms with Crippen molar-refractivity contribution < 1.29 is 22.4 Å². The van der Waals surface area contributed by atoms with Crippen molar-refractivity contribution in [2.75, 3.05) is 0 Å². The first-order chi connectivity index (χ1) is 16.6. The zero-order valence-corrected chi connectivity index (χ0v) is 17.5. The maximum absolute atomic E-state index is 14.2. The lowest BCUT2D eigenvalue weighted by atomic mass is 9.94. The van der Waals surface area contributed by atoms with E-state index in [0.717, 1.165) is 0 Å². The summed E-state index contributed by atoms with van der Waals surface area (Å²) in [6.07, 6.45) is 0. The lowest BCUT2D eigenvalue weighted by Gasteiger charge is -2.09. The van der Waals surface area contributed by atoms with Crippen LogP contribution in [0.15, 0.2) is 93.8 Å². The van der Waals surface area contributed by atoms with Crippen LogP contribution < -0.4 is 0 Å². The number of nitrogens with zero attached hydrogens (tertiary/aromatic N) is 2. The standard InChI is InChI=1S/C27H14F2N2O3/c28-15-9-11-17(19(13-15)26-30-21-5-1-3-7-23(21)33-26)25(32)18-12-10-16(29)14-20(18)27-31-22-6-2-4-8-24(22)34-27/h1-14H. The van der Waals surface area contributed by atoms with Crippen LogP contribution in [0.1, 0.15) is 15.9 Å². The molecule has 0 aliphatic rings. The topological polar surface area (TPSA) is 69.1 Å². The van der Waals surface area contributed by atoms with E-state index < -0.39 is 17.4 Å². The van der Waals surface area contributed by atoms with Gasteiger partial charge in [-0.3, -0.25) is 4.79 Å². The molecule has 4 aromatic carbocycles. The van der Waals surface area contributed by atoms with Crippen LogP contribution in [0.4, 0.5) is 8.78 Å². The number of hydrogen-bond donors (Lipinski definition) is 0. The number of carbonyl (C=O) groups is 1. The summed E-state index contributed by atoms with van der Waals surface area (Å²) in [5.41, 5.74) is 2.85. The third kappa shape index (κ3) is 3.34. The van der Waals surface area contributed by atoms with E-state index in [1.165, 1.54) is 36.4 Å². The Morgan fingerprint density at radius 1 is 0.618 bits per heavy atom. The minimum atomic E-state index is -0.549. The predicted molar refractivity (Wildman–Crippen MR) is 122 cm³/mol. The van der Waals surface area contributed by atoms with Crippen LogP contribution in [-0.4, -0.2) is 15.8 Å². The molecule has 0 aliphatic heterocycles. The molecule has 0 bridgehead atoms. The highest BCUT2D eigenvalue weighted by Gasteiger charge is 2.24. The van der Waals surface area contributed by atoms with E-state index in [1.807, 2.05) is 0 Å². The second-order valence-electron chi connectivity index (χ2n) is 7.68. The molecule has 0 spiro atoms. The van der Waals surface area contributed by atoms with Crippen molar-refractivity contribution in [3.8, 4) is 22.9 Å². The van der Waals surface area contributed by atoms with E-state index in [1.54, 1.807) is 48.5 Å². The molecule has 2 aromatic heterocycles. The van der Waals surface area contributed by atoms with Crippen molar-refractivity contribution in [1.82, 2.24) is 9.97 Å². The summed E-state index contributed by atoms with van der Waals surface area (Å²) in [5, 5.41) is 0. The van der Waals surface area contributed by atoms with Gasteiger partial charge in [0.2, 0.25) is 11.8 Å². The van der Waals surface area contributed by atoms with Crippen molar-refractivity contribution >= 4 is 28.0 Å². The van der Waals surface area contributed by atoms with Gasteiger partial charge in [-0.15, -0.1) is 0 Å². The Bertz CT molecular complexity index is 1530. The molecule has 5 nitrogen and oxygen atoms in total. The Hall–Kier alpha value is -4.65. The lowest BCUT2D eigenvalue weighted by Crippen LogP contribution is -2.07. The molecule has 0 atom stereocenters. The van der Waals surface area contributed by atoms with Crippen molar-refractivity contribution in [2.45, 2.75) is 0 Å². The van der Waals surface area contributed by atoms with Gasteiger partial charge >= 0.3 is 0 Å². The average Bonchev–Trinajstić information content (AvgIpc) is 3.48. The van der Waals surface area contributed by atoms with Crippen LogP contribution in [0.25, 0.3) is 45.1 Å². The van der Waals surface area contributed by atoms with E-state index in [0.29, 0.717) is 22.2 Å². The smallest absolute Gasteiger partial charge is 0.228 e. The number of halogens is 2. The van der Waals surface area contributed by atoms with Crippen LogP contribution >= 0.6 is 0 Å². The SMILES string of the molecule is O=C(c1ccc(F)cc1-c1nc2ccccc2o1)c1ccc(F)cc1-c1nc2ccccc2o1. The zero-order chi connectivity index (χ0) is 23.2. The normalized spacial score (nSPS) is 11.4. The van der Waals surface area contributed by atoms with Gasteiger partial charge < -0.3 is 8.83 Å². The van der Waals surface area contributed by atoms with Crippen LogP contribution in [0.2, 0.25) is 0 Å². The minimum absolute atomic E-state index is 0.106. The molecule has 0 saturated heterocycles. The summed E-state index contributed by atoms with van der Waals surface area (Å²) in [4.78, 5) is 22.5. The first-order valence-corrected chi connectivity index (χ1v) is 10.4. The van der Waals surface area contributed by atoms with Crippen molar-refractivity contribution in [3.05, 3.63) is 108 Å². The molecule has 0 unspecified atom stereocenters. The van der Waals surface area contributed by atoms with Gasteiger partial charge in [0.15, 0.2) is 16.9 Å². The first-order valence-electron chi connectivity index (χ1n) is 10.4. The summed E-state index contributed by atoms with van der Waals surface area (Å²) < 4.78 is 40.0. The molecule has 0 saturated carbocycles. The molecule has 0 amide bonds. The third-order valence-corrected chi connectivity index (χ3v) is 5.50. The fraction of sp³-hybridized carbons (Fsp3) is 0. The van der Waals surface area contributed by atoms with E-state index in [9.17, 15) is 13.6 Å². The van der Waals surface area contributed by atoms with Gasteiger partial charge in [-0.05, 0) is 60.7 Å². The monoisotopic (exact) mass is 452 g/mol. The minimum Gasteiger partial charge on any atom is -0.436 e. The summed E-state index contributed by atoms with van der Waals surface area (Å²) in [6, 6.07) is 21.7. The van der Waals surface area contributed by atoms with Crippen LogP contribution in [0, 0.1) is 11.6 Å². The highest BCUT2D eigenvalue weighted by atomic mass is 19.1. The number of rotatable bonds is 4. The number of para-hydroxylation sites is 4. The highest BCUT2D eigenvalue weighted by Crippen LogP contribution is 2.33. The third-order valence-electron chi connectivity index (χ3n) is 5.50. The predicted octanol–water partition coefficient (Wildman–Crippen LogP) is 6.81. The van der Waals surface area contributed by atoms with Gasteiger partial charge in [-0.2, -0.15) is 0 Å². The van der Waals surface area contributed by atoms with Crippen molar-refractivity contribution in [1.29, 1.82) is 0 Å². The quantitative estimate of drug-likeness (QED) is 0.275. The maximum Gasteiger partial charge on any atom is 0.228 e. The molecule has 6 aromatic rings. The second kappa shape index (κ2) is 7.74. The van der Waals surface area contributed by atoms with Gasteiger partial charge in [0.05, 0.1) is 11.1 Å². The molecule has 7 heteroatoms. The van der Waals surface area contributed by atoms with E-state index in [-0.39, 0.29) is 34.0 Å². The van der Waals surface area contributed by atoms with E-state index in [4.69, 9.17) is 8.83 Å². The first kappa shape index (κ1) is 20.0. The molecule has 0 fully saturated rings. The maximum atomic E-state index is 14.2.